The quantitative estimate of drug-likeness (QED) is 0.0942. The first-order valence-corrected chi connectivity index (χ1v) is 35.5. The van der Waals surface area contributed by atoms with Crippen molar-refractivity contribution in [2.24, 2.45) is 0 Å². The Morgan fingerprint density at radius 3 is 1.36 bits per heavy atom. The number of carbonyl (C=O) groups is 8. The minimum Gasteiger partial charge on any atom is -0.497 e. The molecule has 584 valence electrons. The predicted octanol–water partition coefficient (Wildman–Crippen LogP) is 6.45. The standard InChI is InChI=1S/C21H31N3O5.C19H25N3O3.C19H23N3O3.C15H26N2O5.4CH4/c1-23-16-6-5-7-17(23)20(26)24(19(16)21(28-3)29-4)13-18(25)22-12-14-8-10-15(27-2)11-9-14;2*1-20-15-4-3-5-16(20)19(24)22-12-18(23)21(11-17(15)22)10-13-6-8-14(25-2)9-7-13;1-5-22-12(18)9-17-13(15(20-3)21-4)10-7-6-8-11(14(17)19)16(10)2;;;;/h8-11,16-17,19,21H,5-7,12-13H2,1-4H3,(H,22,25);6-9,15-17H,3-5,10-12H2,1-2H3;6-9,11,15-16H,3-5,10,12H2,1-2H3;10-11,13,15H,5-9H2,1-4H3;4*1H4/t;15?,16?,17-;;;;;;/m.1....../s1. The van der Waals surface area contributed by atoms with Crippen molar-refractivity contribution in [1.82, 2.24) is 54.3 Å². The van der Waals surface area contributed by atoms with Crippen molar-refractivity contribution in [2.75, 3.05) is 117 Å². The molecular formula is C78H121N11O16. The Morgan fingerprint density at radius 2 is 0.886 bits per heavy atom. The molecule has 27 heteroatoms. The summed E-state index contributed by atoms with van der Waals surface area (Å²) < 4.78 is 42.3. The third-order valence-electron chi connectivity index (χ3n) is 22.2. The van der Waals surface area contributed by atoms with Crippen LogP contribution in [0.1, 0.15) is 130 Å². The van der Waals surface area contributed by atoms with E-state index in [0.717, 1.165) is 117 Å². The van der Waals surface area contributed by atoms with Crippen LogP contribution in [0.25, 0.3) is 0 Å². The number of rotatable bonds is 20. The Bertz CT molecular complexity index is 3390. The summed E-state index contributed by atoms with van der Waals surface area (Å²) in [5.74, 6) is 1.92. The molecule has 3 aromatic carbocycles. The van der Waals surface area contributed by atoms with Crippen LogP contribution in [0.4, 0.5) is 0 Å². The van der Waals surface area contributed by atoms with Crippen molar-refractivity contribution in [1.29, 1.82) is 0 Å². The topological polar surface area (TPSA) is 255 Å². The molecule has 0 radical (unpaired) electrons. The number of amides is 7. The van der Waals surface area contributed by atoms with Crippen LogP contribution in [0.2, 0.25) is 0 Å². The van der Waals surface area contributed by atoms with Gasteiger partial charge < -0.3 is 72.6 Å². The maximum atomic E-state index is 13.2. The molecule has 105 heavy (non-hydrogen) atoms. The Labute approximate surface area is 623 Å². The highest BCUT2D eigenvalue weighted by Gasteiger charge is 2.54. The van der Waals surface area contributed by atoms with Gasteiger partial charge in [-0.25, -0.2) is 0 Å². The summed E-state index contributed by atoms with van der Waals surface area (Å²) in [7, 11) is 19.2. The van der Waals surface area contributed by atoms with Crippen LogP contribution in [0, 0.1) is 0 Å². The lowest BCUT2D eigenvalue weighted by atomic mass is 9.84. The predicted molar refractivity (Wildman–Crippen MR) is 399 cm³/mol. The number of likely N-dealkylation sites (tertiary alicyclic amines) is 2. The number of esters is 1. The number of piperazine rings is 5. The van der Waals surface area contributed by atoms with Crippen molar-refractivity contribution in [2.45, 2.75) is 212 Å². The Morgan fingerprint density at radius 1 is 0.467 bits per heavy atom. The van der Waals surface area contributed by atoms with Gasteiger partial charge in [0.05, 0.1) is 88.5 Å². The molecule has 10 aliphatic heterocycles. The number of hydrogen-bond donors (Lipinski definition) is 1. The molecule has 10 heterocycles. The highest BCUT2D eigenvalue weighted by atomic mass is 16.7. The van der Waals surface area contributed by atoms with Gasteiger partial charge in [0.15, 0.2) is 12.6 Å². The number of fused-ring (bicyclic) bond motifs is 12. The zero-order chi connectivity index (χ0) is 72.3. The summed E-state index contributed by atoms with van der Waals surface area (Å²) in [5.41, 5.74) is 4.05. The molecule has 8 bridgehead atoms. The second-order valence-electron chi connectivity index (χ2n) is 27.7. The molecule has 0 saturated carbocycles. The second kappa shape index (κ2) is 39.2. The van der Waals surface area contributed by atoms with Gasteiger partial charge in [-0.05, 0) is 165 Å². The lowest BCUT2D eigenvalue weighted by Crippen LogP contribution is -2.72. The average molecular weight is 1470 g/mol. The first-order valence-electron chi connectivity index (χ1n) is 35.5. The SMILES string of the molecule is C.C.C.C.CCOC(=O)CN1C(=O)C2CCCC(C1C(OC)OC)N2C.COc1ccc(CN2C=C3C4CCCC(C(=O)N3CC2=O)N4C)cc1.COc1ccc(CN2C[C@@H]3C4CCCC(C(=O)N3CC2=O)N4C)cc1.COc1ccc(CNC(=O)CN2C(=O)C3CCCC(C2C(OC)OC)N3C)cc1. The van der Waals surface area contributed by atoms with Crippen LogP contribution < -0.4 is 19.5 Å². The van der Waals surface area contributed by atoms with E-state index < -0.39 is 18.5 Å². The van der Waals surface area contributed by atoms with Crippen LogP contribution >= 0.6 is 0 Å². The lowest BCUT2D eigenvalue weighted by Gasteiger charge is -2.55. The molecule has 11 atom stereocenters. The van der Waals surface area contributed by atoms with Crippen LogP contribution in [-0.4, -0.2) is 293 Å². The second-order valence-corrected chi connectivity index (χ2v) is 27.7. The molecule has 0 aliphatic carbocycles. The summed E-state index contributed by atoms with van der Waals surface area (Å²) in [5, 5.41) is 2.91. The van der Waals surface area contributed by atoms with Crippen LogP contribution in [-0.2, 0) is 81.7 Å². The third kappa shape index (κ3) is 19.0. The summed E-state index contributed by atoms with van der Waals surface area (Å²) in [6.45, 7) is 4.47. The fourth-order valence-electron chi connectivity index (χ4n) is 16.8. The molecule has 0 aromatic heterocycles. The summed E-state index contributed by atoms with van der Waals surface area (Å²) in [4.78, 5) is 120. The smallest absolute Gasteiger partial charge is 0.325 e. The van der Waals surface area contributed by atoms with E-state index in [-0.39, 0.29) is 158 Å². The van der Waals surface area contributed by atoms with Gasteiger partial charge in [0, 0.05) is 72.4 Å². The maximum absolute atomic E-state index is 13.2. The van der Waals surface area contributed by atoms with Gasteiger partial charge in [0.25, 0.3) is 0 Å². The first kappa shape index (κ1) is 86.2. The zero-order valence-electron chi connectivity index (χ0n) is 60.9. The third-order valence-corrected chi connectivity index (χ3v) is 22.2. The van der Waals surface area contributed by atoms with Crippen molar-refractivity contribution < 1.29 is 76.3 Å². The minimum absolute atomic E-state index is 0. The summed E-state index contributed by atoms with van der Waals surface area (Å²) in [6, 6.07) is 22.9. The van der Waals surface area contributed by atoms with E-state index in [2.05, 4.69) is 32.0 Å². The Hall–Kier alpha value is -7.76. The normalized spacial score (nSPS) is 26.2. The van der Waals surface area contributed by atoms with E-state index in [1.165, 1.54) is 0 Å². The first-order chi connectivity index (χ1) is 48.7. The van der Waals surface area contributed by atoms with E-state index in [1.807, 2.05) is 110 Å². The molecule has 13 rings (SSSR count). The van der Waals surface area contributed by atoms with Crippen LogP contribution in [0.5, 0.6) is 17.2 Å². The molecule has 10 aliphatic rings. The van der Waals surface area contributed by atoms with E-state index in [9.17, 15) is 38.4 Å². The van der Waals surface area contributed by atoms with Gasteiger partial charge >= 0.3 is 5.97 Å². The van der Waals surface area contributed by atoms with Gasteiger partial charge in [-0.3, -0.25) is 58.0 Å². The molecule has 1 N–H and O–H groups in total. The fourth-order valence-corrected chi connectivity index (χ4v) is 16.8. The number of piperidine rings is 4. The van der Waals surface area contributed by atoms with Gasteiger partial charge in [-0.2, -0.15) is 0 Å². The monoisotopic (exact) mass is 1470 g/mol. The summed E-state index contributed by atoms with van der Waals surface area (Å²) in [6.07, 6.45) is 12.3. The molecule has 7 amide bonds. The van der Waals surface area contributed by atoms with Gasteiger partial charge in [-0.1, -0.05) is 66.1 Å². The lowest BCUT2D eigenvalue weighted by molar-refractivity contribution is -0.197. The Balaban J connectivity index is 0.000000218. The van der Waals surface area contributed by atoms with Crippen molar-refractivity contribution >= 4 is 47.3 Å². The number of hydrogen-bond acceptors (Lipinski definition) is 20. The van der Waals surface area contributed by atoms with E-state index in [4.69, 9.17) is 37.9 Å². The van der Waals surface area contributed by atoms with Gasteiger partial charge in [0.2, 0.25) is 41.4 Å². The van der Waals surface area contributed by atoms with Crippen molar-refractivity contribution in [3.63, 3.8) is 0 Å². The highest BCUT2D eigenvalue weighted by Crippen LogP contribution is 2.40. The fraction of sp³-hybridized carbons (Fsp3) is 0.641. The van der Waals surface area contributed by atoms with E-state index in [0.29, 0.717) is 38.8 Å². The van der Waals surface area contributed by atoms with Gasteiger partial charge in [-0.15, -0.1) is 0 Å². The minimum atomic E-state index is -0.583. The molecule has 27 nitrogen and oxygen atoms in total. The average Bonchev–Trinajstić information content (AvgIpc) is 0.775. The zero-order valence-corrected chi connectivity index (χ0v) is 60.9. The highest BCUT2D eigenvalue weighted by molar-refractivity contribution is 5.93. The van der Waals surface area contributed by atoms with E-state index >= 15 is 0 Å². The van der Waals surface area contributed by atoms with E-state index in [1.54, 1.807) is 76.3 Å². The largest absolute Gasteiger partial charge is 0.497 e. The molecule has 0 spiro atoms. The number of likely N-dealkylation sites (N-methyl/N-ethyl adjacent to an activating group) is 4. The molecule has 9 fully saturated rings. The van der Waals surface area contributed by atoms with Gasteiger partial charge in [0.1, 0.15) is 43.4 Å². The summed E-state index contributed by atoms with van der Waals surface area (Å²) >= 11 is 0. The van der Waals surface area contributed by atoms with Crippen LogP contribution in [0.3, 0.4) is 0 Å². The molecule has 3 aromatic rings. The number of methoxy groups -OCH3 is 7. The molecular weight excluding hydrogens is 1350 g/mol. The molecule has 9 saturated heterocycles. The van der Waals surface area contributed by atoms with Crippen LogP contribution in [0.15, 0.2) is 84.7 Å². The number of nitrogens with one attached hydrogen (secondary N) is 1. The maximum Gasteiger partial charge on any atom is 0.325 e. The van der Waals surface area contributed by atoms with Crippen molar-refractivity contribution in [3.05, 3.63) is 101 Å². The number of carbonyl (C=O) groups excluding carboxylic acids is 8. The number of ether oxygens (including phenoxy) is 8. The number of nitrogens with zero attached hydrogens (tertiary/aromatic N) is 10. The molecule has 10 unspecified atom stereocenters. The Kier molecular flexibility index (Phi) is 32.2. The number of benzene rings is 3. The van der Waals surface area contributed by atoms with Crippen molar-refractivity contribution in [3.8, 4) is 17.2 Å².